The van der Waals surface area contributed by atoms with E-state index in [4.69, 9.17) is 0 Å². The van der Waals surface area contributed by atoms with Crippen LogP contribution < -0.4 is 10.6 Å². The molecule has 3 rings (SSSR count). The van der Waals surface area contributed by atoms with Crippen molar-refractivity contribution >= 4 is 23.1 Å². The largest absolute Gasteiger partial charge is 0.336 e. The van der Waals surface area contributed by atoms with Gasteiger partial charge in [0.15, 0.2) is 0 Å². The normalized spacial score (nSPS) is 15.9. The second-order valence-electron chi connectivity index (χ2n) is 5.86. The summed E-state index contributed by atoms with van der Waals surface area (Å²) < 4.78 is 1.78. The Labute approximate surface area is 140 Å². The van der Waals surface area contributed by atoms with Crippen LogP contribution in [0.25, 0.3) is 0 Å². The van der Waals surface area contributed by atoms with E-state index < -0.39 is 0 Å². The van der Waals surface area contributed by atoms with Gasteiger partial charge in [0.05, 0.1) is 11.9 Å². The molecule has 2 N–H and O–H groups in total. The lowest BCUT2D eigenvalue weighted by molar-refractivity contribution is 0.188. The van der Waals surface area contributed by atoms with Gasteiger partial charge in [-0.25, -0.2) is 4.79 Å². The lowest BCUT2D eigenvalue weighted by Crippen LogP contribution is -2.45. The Morgan fingerprint density at radius 3 is 3.17 bits per heavy atom. The predicted octanol–water partition coefficient (Wildman–Crippen LogP) is 2.53. The fraction of sp³-hybridized carbons (Fsp3) is 0.500. The number of nitrogens with one attached hydrogen (secondary N) is 2. The molecule has 2 aromatic heterocycles. The number of carbonyl (C=O) groups is 1. The molecule has 1 aliphatic heterocycles. The Bertz CT molecular complexity index is 665. The minimum absolute atomic E-state index is 0.180. The maximum absolute atomic E-state index is 12.0. The number of urea groups is 1. The van der Waals surface area contributed by atoms with E-state index in [0.29, 0.717) is 12.6 Å². The van der Waals surface area contributed by atoms with Crippen LogP contribution in [0.4, 0.5) is 10.5 Å². The highest BCUT2D eigenvalue weighted by Gasteiger charge is 2.21. The number of anilines is 1. The topological polar surface area (TPSA) is 62.2 Å². The van der Waals surface area contributed by atoms with E-state index in [1.165, 1.54) is 10.4 Å². The van der Waals surface area contributed by atoms with E-state index in [0.717, 1.165) is 31.7 Å². The summed E-state index contributed by atoms with van der Waals surface area (Å²) in [6, 6.07) is 2.35. The van der Waals surface area contributed by atoms with Crippen molar-refractivity contribution in [2.24, 2.45) is 0 Å². The van der Waals surface area contributed by atoms with Crippen molar-refractivity contribution in [2.45, 2.75) is 39.4 Å². The van der Waals surface area contributed by atoms with Crippen LogP contribution >= 0.6 is 11.3 Å². The van der Waals surface area contributed by atoms with Crippen molar-refractivity contribution < 1.29 is 4.79 Å². The Balaban J connectivity index is 1.45. The van der Waals surface area contributed by atoms with Crippen LogP contribution in [0.5, 0.6) is 0 Å². The molecule has 1 aliphatic rings. The first-order valence-corrected chi connectivity index (χ1v) is 8.90. The molecule has 2 amide bonds. The third-order valence-electron chi connectivity index (χ3n) is 4.23. The molecular formula is C16H23N5OS. The van der Waals surface area contributed by atoms with Gasteiger partial charge in [-0.3, -0.25) is 9.58 Å². The molecule has 0 unspecified atom stereocenters. The molecule has 0 aromatic carbocycles. The number of hydrogen-bond acceptors (Lipinski definition) is 4. The van der Waals surface area contributed by atoms with Crippen LogP contribution in [0.3, 0.4) is 0 Å². The monoisotopic (exact) mass is 333 g/mol. The van der Waals surface area contributed by atoms with Crippen molar-refractivity contribution in [1.82, 2.24) is 20.0 Å². The highest BCUT2D eigenvalue weighted by atomic mass is 32.1. The number of amides is 2. The van der Waals surface area contributed by atoms with Crippen LogP contribution in [0, 0.1) is 0 Å². The number of nitrogens with zero attached hydrogens (tertiary/aromatic N) is 3. The fourth-order valence-electron chi connectivity index (χ4n) is 2.79. The Hall–Kier alpha value is -1.86. The minimum atomic E-state index is -0.180. The lowest BCUT2D eigenvalue weighted by atomic mass is 10.1. The molecule has 0 bridgehead atoms. The third kappa shape index (κ3) is 3.92. The zero-order valence-electron chi connectivity index (χ0n) is 13.6. The maximum atomic E-state index is 12.0. The maximum Gasteiger partial charge on any atom is 0.319 e. The third-order valence-corrected chi connectivity index (χ3v) is 5.26. The molecule has 124 valence electrons. The van der Waals surface area contributed by atoms with Crippen molar-refractivity contribution in [3.05, 3.63) is 34.3 Å². The van der Waals surface area contributed by atoms with Crippen molar-refractivity contribution in [3.63, 3.8) is 0 Å². The van der Waals surface area contributed by atoms with E-state index in [1.807, 2.05) is 24.5 Å². The molecule has 0 spiro atoms. The molecule has 1 atom stereocenters. The smallest absolute Gasteiger partial charge is 0.319 e. The summed E-state index contributed by atoms with van der Waals surface area (Å²) in [7, 11) is 0. The van der Waals surface area contributed by atoms with Gasteiger partial charge in [0, 0.05) is 43.3 Å². The second kappa shape index (κ2) is 7.14. The second-order valence-corrected chi connectivity index (χ2v) is 6.86. The number of thiophene rings is 1. The number of carbonyl (C=O) groups excluding carboxylic acids is 1. The zero-order chi connectivity index (χ0) is 16.2. The van der Waals surface area contributed by atoms with E-state index >= 15 is 0 Å². The standard InChI is InChI=1S/C16H23N5OS/c1-3-21-11-14(9-18-21)19-16(22)17-8-12(2)20-6-4-15-13(10-20)5-7-23-15/h5,7,9,11-12H,3-4,6,8,10H2,1-2H3,(H2,17,19,22)/t12-/m1/s1. The summed E-state index contributed by atoms with van der Waals surface area (Å²) in [5, 5.41) is 12.1. The van der Waals surface area contributed by atoms with Crippen molar-refractivity contribution in [2.75, 3.05) is 18.4 Å². The van der Waals surface area contributed by atoms with Gasteiger partial charge >= 0.3 is 6.03 Å². The van der Waals surface area contributed by atoms with Gasteiger partial charge in [0.2, 0.25) is 0 Å². The highest BCUT2D eigenvalue weighted by Crippen LogP contribution is 2.24. The zero-order valence-corrected chi connectivity index (χ0v) is 14.4. The first kappa shape index (κ1) is 16.0. The van der Waals surface area contributed by atoms with E-state index in [-0.39, 0.29) is 6.03 Å². The molecule has 6 nitrogen and oxygen atoms in total. The molecule has 0 radical (unpaired) electrons. The molecule has 0 saturated carbocycles. The molecule has 7 heteroatoms. The summed E-state index contributed by atoms with van der Waals surface area (Å²) in [6.07, 6.45) is 4.60. The van der Waals surface area contributed by atoms with Crippen molar-refractivity contribution in [1.29, 1.82) is 0 Å². The summed E-state index contributed by atoms with van der Waals surface area (Å²) in [5.41, 5.74) is 2.16. The number of aryl methyl sites for hydroxylation is 1. The summed E-state index contributed by atoms with van der Waals surface area (Å²) in [6.45, 7) is 7.63. The van der Waals surface area contributed by atoms with Gasteiger partial charge in [-0.15, -0.1) is 11.3 Å². The Morgan fingerprint density at radius 1 is 1.52 bits per heavy atom. The molecule has 0 aliphatic carbocycles. The summed E-state index contributed by atoms with van der Waals surface area (Å²) in [4.78, 5) is 15.9. The molecule has 0 saturated heterocycles. The van der Waals surface area contributed by atoms with Gasteiger partial charge in [-0.2, -0.15) is 5.10 Å². The summed E-state index contributed by atoms with van der Waals surface area (Å²) in [5.74, 6) is 0. The number of rotatable bonds is 5. The van der Waals surface area contributed by atoms with Gasteiger partial charge in [0.1, 0.15) is 0 Å². The number of aromatic nitrogens is 2. The predicted molar refractivity (Wildman–Crippen MR) is 92.8 cm³/mol. The van der Waals surface area contributed by atoms with Crippen LogP contribution in [0.1, 0.15) is 24.3 Å². The highest BCUT2D eigenvalue weighted by molar-refractivity contribution is 7.10. The first-order chi connectivity index (χ1) is 11.2. The Morgan fingerprint density at radius 2 is 2.39 bits per heavy atom. The minimum Gasteiger partial charge on any atom is -0.336 e. The fourth-order valence-corrected chi connectivity index (χ4v) is 3.68. The van der Waals surface area contributed by atoms with Gasteiger partial charge in [0.25, 0.3) is 0 Å². The van der Waals surface area contributed by atoms with Crippen molar-refractivity contribution in [3.8, 4) is 0 Å². The molecule has 3 heterocycles. The first-order valence-electron chi connectivity index (χ1n) is 8.02. The van der Waals surface area contributed by atoms with Gasteiger partial charge in [-0.05, 0) is 37.3 Å². The summed E-state index contributed by atoms with van der Waals surface area (Å²) >= 11 is 1.85. The quantitative estimate of drug-likeness (QED) is 0.884. The van der Waals surface area contributed by atoms with E-state index in [1.54, 1.807) is 10.9 Å². The molecular weight excluding hydrogens is 310 g/mol. The SMILES string of the molecule is CCn1cc(NC(=O)NC[C@@H](C)N2CCc3sccc3C2)cn1. The number of hydrogen-bond donors (Lipinski definition) is 2. The van der Waals surface area contributed by atoms with Crippen LogP contribution in [0.15, 0.2) is 23.8 Å². The molecule has 0 fully saturated rings. The van der Waals surface area contributed by atoms with Crippen LogP contribution in [-0.2, 0) is 19.5 Å². The van der Waals surface area contributed by atoms with Crippen LogP contribution in [0.2, 0.25) is 0 Å². The lowest BCUT2D eigenvalue weighted by Gasteiger charge is -2.32. The average Bonchev–Trinajstić information content (AvgIpc) is 3.20. The van der Waals surface area contributed by atoms with Gasteiger partial charge < -0.3 is 10.6 Å². The van der Waals surface area contributed by atoms with Crippen LogP contribution in [-0.4, -0.2) is 39.8 Å². The van der Waals surface area contributed by atoms with E-state index in [2.05, 4.69) is 39.0 Å². The van der Waals surface area contributed by atoms with E-state index in [9.17, 15) is 4.79 Å². The average molecular weight is 333 g/mol. The Kier molecular flexibility index (Phi) is 4.97. The molecule has 2 aromatic rings. The number of fused-ring (bicyclic) bond motifs is 1. The van der Waals surface area contributed by atoms with Gasteiger partial charge in [-0.1, -0.05) is 0 Å². The molecule has 23 heavy (non-hydrogen) atoms.